The molecule has 4 heterocycles. The third kappa shape index (κ3) is 3.02. The van der Waals surface area contributed by atoms with E-state index in [4.69, 9.17) is 16.3 Å². The average Bonchev–Trinajstić information content (AvgIpc) is 2.97. The number of anilines is 1. The summed E-state index contributed by atoms with van der Waals surface area (Å²) >= 11 is 6.37. The molecule has 2 aromatic rings. The number of carbonyl (C=O) groups excluding carboxylic acids is 1. The van der Waals surface area contributed by atoms with Gasteiger partial charge in [0.15, 0.2) is 0 Å². The van der Waals surface area contributed by atoms with Gasteiger partial charge in [0.2, 0.25) is 0 Å². The van der Waals surface area contributed by atoms with Crippen LogP contribution in [0.15, 0.2) is 30.6 Å². The Kier molecular flexibility index (Phi) is 4.00. The second-order valence-corrected chi connectivity index (χ2v) is 7.01. The molecule has 2 fully saturated rings. The van der Waals surface area contributed by atoms with Crippen LogP contribution < -0.4 is 10.2 Å². The maximum atomic E-state index is 11.4. The first-order valence-electron chi connectivity index (χ1n) is 8.36. The molecule has 6 nitrogen and oxygen atoms in total. The second kappa shape index (κ2) is 6.19. The fourth-order valence-electron chi connectivity index (χ4n) is 3.47. The zero-order valence-electron chi connectivity index (χ0n) is 14.0. The Bertz CT molecular complexity index is 818. The first kappa shape index (κ1) is 16.1. The zero-order valence-corrected chi connectivity index (χ0v) is 14.7. The maximum Gasteiger partial charge on any atom is 0.407 e. The summed E-state index contributed by atoms with van der Waals surface area (Å²) in [5.41, 5.74) is 2.47. The number of ether oxygens (including phenoxy) is 1. The van der Waals surface area contributed by atoms with Crippen LogP contribution in [0.25, 0.3) is 11.3 Å². The highest BCUT2D eigenvalue weighted by Gasteiger charge is 2.43. The first-order valence-corrected chi connectivity index (χ1v) is 8.73. The van der Waals surface area contributed by atoms with E-state index in [-0.39, 0.29) is 11.7 Å². The van der Waals surface area contributed by atoms with Crippen molar-refractivity contribution in [3.63, 3.8) is 0 Å². The number of nitrogens with one attached hydrogen (secondary N) is 1. The average molecular weight is 359 g/mol. The number of alkyl carbamates (subject to hydrolysis) is 1. The largest absolute Gasteiger partial charge is 0.441 e. The molecular weight excluding hydrogens is 340 g/mol. The molecule has 0 atom stereocenters. The molecule has 0 unspecified atom stereocenters. The van der Waals surface area contributed by atoms with Crippen molar-refractivity contribution in [1.82, 2.24) is 15.3 Å². The van der Waals surface area contributed by atoms with E-state index in [1.165, 1.54) is 0 Å². The van der Waals surface area contributed by atoms with E-state index in [1.54, 1.807) is 12.4 Å². The molecule has 25 heavy (non-hydrogen) atoms. The van der Waals surface area contributed by atoms with E-state index in [2.05, 4.69) is 20.2 Å². The van der Waals surface area contributed by atoms with Crippen LogP contribution in [0.4, 0.5) is 10.6 Å². The molecule has 2 aliphatic rings. The third-order valence-electron chi connectivity index (χ3n) is 4.97. The molecule has 0 radical (unpaired) electrons. The molecule has 2 aromatic heterocycles. The lowest BCUT2D eigenvalue weighted by molar-refractivity contribution is 0.0366. The van der Waals surface area contributed by atoms with Crippen molar-refractivity contribution in [2.75, 3.05) is 24.5 Å². The highest BCUT2D eigenvalue weighted by molar-refractivity contribution is 6.33. The van der Waals surface area contributed by atoms with E-state index < -0.39 is 0 Å². The molecule has 7 heteroatoms. The minimum Gasteiger partial charge on any atom is -0.441 e. The predicted molar refractivity (Wildman–Crippen MR) is 95.9 cm³/mol. The van der Waals surface area contributed by atoms with Crippen molar-refractivity contribution in [2.24, 2.45) is 0 Å². The van der Waals surface area contributed by atoms with E-state index >= 15 is 0 Å². The monoisotopic (exact) mass is 358 g/mol. The van der Waals surface area contributed by atoms with Crippen LogP contribution in [0, 0.1) is 6.92 Å². The van der Waals surface area contributed by atoms with Gasteiger partial charge in [0, 0.05) is 43.9 Å². The smallest absolute Gasteiger partial charge is 0.407 e. The molecule has 0 aliphatic carbocycles. The fourth-order valence-corrected chi connectivity index (χ4v) is 3.67. The summed E-state index contributed by atoms with van der Waals surface area (Å²) in [4.78, 5) is 22.5. The summed E-state index contributed by atoms with van der Waals surface area (Å²) in [5.74, 6) is 0.872. The van der Waals surface area contributed by atoms with Crippen molar-refractivity contribution in [3.05, 3.63) is 41.2 Å². The van der Waals surface area contributed by atoms with Crippen LogP contribution in [0.2, 0.25) is 5.02 Å². The molecule has 4 rings (SSSR count). The van der Waals surface area contributed by atoms with Crippen LogP contribution in [0.3, 0.4) is 0 Å². The van der Waals surface area contributed by atoms with Gasteiger partial charge < -0.3 is 15.0 Å². The van der Waals surface area contributed by atoms with Crippen LogP contribution in [-0.2, 0) is 4.74 Å². The first-order chi connectivity index (χ1) is 12.1. The van der Waals surface area contributed by atoms with Crippen LogP contribution in [0.5, 0.6) is 0 Å². The minimum atomic E-state index is -0.361. The van der Waals surface area contributed by atoms with Gasteiger partial charge in [-0.25, -0.2) is 9.78 Å². The summed E-state index contributed by atoms with van der Waals surface area (Å²) < 4.78 is 5.47. The molecule has 0 bridgehead atoms. The van der Waals surface area contributed by atoms with E-state index in [1.807, 2.05) is 25.1 Å². The number of aryl methyl sites for hydroxylation is 1. The Morgan fingerprint density at radius 1 is 1.32 bits per heavy atom. The number of hydrogen-bond acceptors (Lipinski definition) is 5. The second-order valence-electron chi connectivity index (χ2n) is 6.60. The highest BCUT2D eigenvalue weighted by Crippen LogP contribution is 2.34. The summed E-state index contributed by atoms with van der Waals surface area (Å²) in [6, 6.07) is 5.93. The minimum absolute atomic E-state index is 0.314. The standard InChI is InChI=1S/C18H19ClN4O2/c1-12-3-2-6-20-16(12)13-9-15(21-10-14(13)19)23-7-4-18(5-8-23)11-22-17(24)25-18/h2-3,6,9-10H,4-5,7-8,11H2,1H3,(H,22,24). The van der Waals surface area contributed by atoms with Crippen LogP contribution in [-0.4, -0.2) is 41.3 Å². The Labute approximate surface area is 151 Å². The summed E-state index contributed by atoms with van der Waals surface area (Å²) in [5, 5.41) is 3.35. The molecule has 1 N–H and O–H groups in total. The van der Waals surface area contributed by atoms with E-state index in [9.17, 15) is 4.79 Å². The van der Waals surface area contributed by atoms with Gasteiger partial charge >= 0.3 is 6.09 Å². The van der Waals surface area contributed by atoms with Crippen molar-refractivity contribution in [3.8, 4) is 11.3 Å². The van der Waals surface area contributed by atoms with Crippen molar-refractivity contribution >= 4 is 23.5 Å². The Balaban J connectivity index is 1.57. The molecule has 1 amide bonds. The lowest BCUT2D eigenvalue weighted by atomic mass is 9.91. The number of halogens is 1. The molecule has 1 spiro atoms. The van der Waals surface area contributed by atoms with Crippen molar-refractivity contribution < 1.29 is 9.53 Å². The number of pyridine rings is 2. The topological polar surface area (TPSA) is 67.4 Å². The lowest BCUT2D eigenvalue weighted by Crippen LogP contribution is -2.46. The Morgan fingerprint density at radius 2 is 2.12 bits per heavy atom. The molecule has 2 aliphatic heterocycles. The van der Waals surface area contributed by atoms with Gasteiger partial charge in [-0.05, 0) is 24.6 Å². The summed E-state index contributed by atoms with van der Waals surface area (Å²) in [6.07, 6.45) is 4.71. The Morgan fingerprint density at radius 3 is 2.80 bits per heavy atom. The number of rotatable bonds is 2. The van der Waals surface area contributed by atoms with Gasteiger partial charge in [-0.15, -0.1) is 0 Å². The quantitative estimate of drug-likeness (QED) is 0.893. The SMILES string of the molecule is Cc1cccnc1-c1cc(N2CCC3(CC2)CNC(=O)O3)ncc1Cl. The predicted octanol–water partition coefficient (Wildman–Crippen LogP) is 3.18. The van der Waals surface area contributed by atoms with Crippen LogP contribution in [0.1, 0.15) is 18.4 Å². The van der Waals surface area contributed by atoms with Gasteiger partial charge in [0.25, 0.3) is 0 Å². The van der Waals surface area contributed by atoms with Crippen molar-refractivity contribution in [1.29, 1.82) is 0 Å². The van der Waals surface area contributed by atoms with Gasteiger partial charge in [-0.3, -0.25) is 4.98 Å². The summed E-state index contributed by atoms with van der Waals surface area (Å²) in [7, 11) is 0. The number of carbonyl (C=O) groups is 1. The van der Waals surface area contributed by atoms with Crippen LogP contribution >= 0.6 is 11.6 Å². The van der Waals surface area contributed by atoms with Gasteiger partial charge in [0.05, 0.1) is 17.3 Å². The van der Waals surface area contributed by atoms with E-state index in [0.29, 0.717) is 11.6 Å². The Hall–Kier alpha value is -2.34. The number of piperidine rings is 1. The van der Waals surface area contributed by atoms with Gasteiger partial charge in [-0.2, -0.15) is 0 Å². The lowest BCUT2D eigenvalue weighted by Gasteiger charge is -2.37. The zero-order chi connectivity index (χ0) is 17.4. The number of aromatic nitrogens is 2. The number of amides is 1. The number of hydrogen-bond donors (Lipinski definition) is 1. The molecule has 0 aromatic carbocycles. The molecule has 130 valence electrons. The molecular formula is C18H19ClN4O2. The van der Waals surface area contributed by atoms with Crippen molar-refractivity contribution in [2.45, 2.75) is 25.4 Å². The maximum absolute atomic E-state index is 11.4. The van der Waals surface area contributed by atoms with Gasteiger partial charge in [-0.1, -0.05) is 17.7 Å². The van der Waals surface area contributed by atoms with Gasteiger partial charge in [0.1, 0.15) is 11.4 Å². The fraction of sp³-hybridized carbons (Fsp3) is 0.389. The highest BCUT2D eigenvalue weighted by atomic mass is 35.5. The summed E-state index contributed by atoms with van der Waals surface area (Å²) in [6.45, 7) is 4.17. The normalized spacial score (nSPS) is 19.0. The molecule has 0 saturated carbocycles. The van der Waals surface area contributed by atoms with E-state index in [0.717, 1.165) is 48.6 Å². The third-order valence-corrected chi connectivity index (χ3v) is 5.27. The molecule has 2 saturated heterocycles. The number of nitrogens with zero attached hydrogens (tertiary/aromatic N) is 3.